The zero-order chi connectivity index (χ0) is 16.1. The molecule has 0 aliphatic heterocycles. The van der Waals surface area contributed by atoms with Crippen molar-refractivity contribution in [3.63, 3.8) is 0 Å². The van der Waals surface area contributed by atoms with Gasteiger partial charge in [-0.2, -0.15) is 5.10 Å². The maximum Gasteiger partial charge on any atom is 0.222 e. The van der Waals surface area contributed by atoms with E-state index in [-0.39, 0.29) is 0 Å². The van der Waals surface area contributed by atoms with Crippen LogP contribution in [0.2, 0.25) is 0 Å². The van der Waals surface area contributed by atoms with Crippen LogP contribution in [-0.4, -0.2) is 43.9 Å². The SMILES string of the molecule is CSc1cnc(NCC(C)CNc2ccn3nccc3n2)nc1. The van der Waals surface area contributed by atoms with E-state index in [0.29, 0.717) is 11.9 Å². The molecule has 0 radical (unpaired) electrons. The molecule has 1 unspecified atom stereocenters. The summed E-state index contributed by atoms with van der Waals surface area (Å²) in [5.74, 6) is 1.92. The highest BCUT2D eigenvalue weighted by molar-refractivity contribution is 7.98. The normalized spacial score (nSPS) is 12.3. The second kappa shape index (κ2) is 7.28. The van der Waals surface area contributed by atoms with Crippen molar-refractivity contribution in [3.05, 3.63) is 36.9 Å². The summed E-state index contributed by atoms with van der Waals surface area (Å²) >= 11 is 1.63. The minimum Gasteiger partial charge on any atom is -0.370 e. The monoisotopic (exact) mass is 329 g/mol. The van der Waals surface area contributed by atoms with E-state index < -0.39 is 0 Å². The van der Waals surface area contributed by atoms with Gasteiger partial charge in [0.2, 0.25) is 5.95 Å². The number of fused-ring (bicyclic) bond motifs is 1. The minimum atomic E-state index is 0.404. The van der Waals surface area contributed by atoms with Crippen LogP contribution in [0.25, 0.3) is 5.65 Å². The number of hydrogen-bond donors (Lipinski definition) is 2. The van der Waals surface area contributed by atoms with E-state index in [1.807, 2.05) is 37.0 Å². The molecule has 23 heavy (non-hydrogen) atoms. The number of hydrogen-bond acceptors (Lipinski definition) is 7. The van der Waals surface area contributed by atoms with Gasteiger partial charge in [0.05, 0.1) is 6.20 Å². The number of nitrogens with one attached hydrogen (secondary N) is 2. The highest BCUT2D eigenvalue weighted by Crippen LogP contribution is 2.12. The Morgan fingerprint density at radius 3 is 2.74 bits per heavy atom. The van der Waals surface area contributed by atoms with Crippen molar-refractivity contribution >= 4 is 29.2 Å². The highest BCUT2D eigenvalue weighted by Gasteiger charge is 2.05. The van der Waals surface area contributed by atoms with Gasteiger partial charge in [0, 0.05) is 42.6 Å². The largest absolute Gasteiger partial charge is 0.370 e. The molecular weight excluding hydrogens is 310 g/mol. The summed E-state index contributed by atoms with van der Waals surface area (Å²) < 4.78 is 1.74. The topological polar surface area (TPSA) is 80.0 Å². The maximum absolute atomic E-state index is 4.49. The van der Waals surface area contributed by atoms with E-state index in [2.05, 4.69) is 37.6 Å². The molecular formula is C15H19N7S. The lowest BCUT2D eigenvalue weighted by Crippen LogP contribution is -2.21. The lowest BCUT2D eigenvalue weighted by Gasteiger charge is -2.14. The molecule has 0 saturated heterocycles. The fourth-order valence-corrected chi connectivity index (χ4v) is 2.36. The average molecular weight is 329 g/mol. The van der Waals surface area contributed by atoms with Crippen LogP contribution in [0, 0.1) is 5.92 Å². The van der Waals surface area contributed by atoms with Gasteiger partial charge in [0.25, 0.3) is 0 Å². The number of aromatic nitrogens is 5. The molecule has 0 amide bonds. The van der Waals surface area contributed by atoms with Gasteiger partial charge in [-0.25, -0.2) is 19.5 Å². The van der Waals surface area contributed by atoms with Crippen molar-refractivity contribution in [2.45, 2.75) is 11.8 Å². The summed E-state index contributed by atoms with van der Waals surface area (Å²) in [5, 5.41) is 10.7. The van der Waals surface area contributed by atoms with Crippen molar-refractivity contribution in [2.75, 3.05) is 30.0 Å². The first-order chi connectivity index (χ1) is 11.2. The van der Waals surface area contributed by atoms with E-state index in [9.17, 15) is 0 Å². The smallest absolute Gasteiger partial charge is 0.222 e. The predicted molar refractivity (Wildman–Crippen MR) is 92.9 cm³/mol. The average Bonchev–Trinajstić information content (AvgIpc) is 3.06. The maximum atomic E-state index is 4.49. The van der Waals surface area contributed by atoms with Gasteiger partial charge in [-0.05, 0) is 18.2 Å². The van der Waals surface area contributed by atoms with Crippen LogP contribution in [0.3, 0.4) is 0 Å². The van der Waals surface area contributed by atoms with E-state index in [0.717, 1.165) is 29.5 Å². The second-order valence-corrected chi connectivity index (χ2v) is 6.14. The third-order valence-corrected chi connectivity index (χ3v) is 4.04. The number of thioether (sulfide) groups is 1. The molecule has 8 heteroatoms. The number of anilines is 2. The van der Waals surface area contributed by atoms with E-state index in [4.69, 9.17) is 0 Å². The van der Waals surface area contributed by atoms with Gasteiger partial charge in [-0.15, -0.1) is 11.8 Å². The van der Waals surface area contributed by atoms with Crippen molar-refractivity contribution in [3.8, 4) is 0 Å². The fraction of sp³-hybridized carbons (Fsp3) is 0.333. The van der Waals surface area contributed by atoms with Gasteiger partial charge in [-0.3, -0.25) is 0 Å². The van der Waals surface area contributed by atoms with Crippen molar-refractivity contribution < 1.29 is 0 Å². The first kappa shape index (κ1) is 15.5. The van der Waals surface area contributed by atoms with E-state index >= 15 is 0 Å². The molecule has 0 spiro atoms. The lowest BCUT2D eigenvalue weighted by atomic mass is 10.2. The lowest BCUT2D eigenvalue weighted by molar-refractivity contribution is 0.644. The molecule has 120 valence electrons. The Labute approximate surface area is 139 Å². The molecule has 3 rings (SSSR count). The van der Waals surface area contributed by atoms with Crippen LogP contribution in [-0.2, 0) is 0 Å². The molecule has 7 nitrogen and oxygen atoms in total. The molecule has 0 aliphatic rings. The molecule has 0 fully saturated rings. The van der Waals surface area contributed by atoms with Crippen LogP contribution in [0.4, 0.5) is 11.8 Å². The number of nitrogens with zero attached hydrogens (tertiary/aromatic N) is 5. The van der Waals surface area contributed by atoms with Gasteiger partial charge in [0.15, 0.2) is 5.65 Å². The Kier molecular flexibility index (Phi) is 4.92. The van der Waals surface area contributed by atoms with Crippen LogP contribution >= 0.6 is 11.8 Å². The minimum absolute atomic E-state index is 0.404. The Bertz CT molecular complexity index is 756. The molecule has 0 bridgehead atoms. The van der Waals surface area contributed by atoms with Gasteiger partial charge in [0.1, 0.15) is 5.82 Å². The summed E-state index contributed by atoms with van der Waals surface area (Å²) in [7, 11) is 0. The summed E-state index contributed by atoms with van der Waals surface area (Å²) in [6.45, 7) is 3.77. The molecule has 1 atom stereocenters. The van der Waals surface area contributed by atoms with Crippen molar-refractivity contribution in [1.29, 1.82) is 0 Å². The number of rotatable bonds is 7. The molecule has 0 aromatic carbocycles. The highest BCUT2D eigenvalue weighted by atomic mass is 32.2. The summed E-state index contributed by atoms with van der Waals surface area (Å²) in [6.07, 6.45) is 9.30. The Balaban J connectivity index is 1.47. The Morgan fingerprint density at radius 1 is 1.17 bits per heavy atom. The zero-order valence-corrected chi connectivity index (χ0v) is 13.9. The summed E-state index contributed by atoms with van der Waals surface area (Å²) in [4.78, 5) is 14.1. The summed E-state index contributed by atoms with van der Waals surface area (Å²) in [6, 6.07) is 3.80. The van der Waals surface area contributed by atoms with Crippen LogP contribution in [0.15, 0.2) is 41.8 Å². The van der Waals surface area contributed by atoms with Crippen LogP contribution < -0.4 is 10.6 Å². The van der Waals surface area contributed by atoms with Crippen molar-refractivity contribution in [1.82, 2.24) is 24.6 Å². The molecule has 0 saturated carbocycles. The fourth-order valence-electron chi connectivity index (χ4n) is 2.04. The third-order valence-electron chi connectivity index (χ3n) is 3.36. The van der Waals surface area contributed by atoms with Crippen molar-refractivity contribution in [2.24, 2.45) is 5.92 Å². The predicted octanol–water partition coefficient (Wildman–Crippen LogP) is 2.40. The van der Waals surface area contributed by atoms with Gasteiger partial charge in [-0.1, -0.05) is 6.92 Å². The standard InChI is InChI=1S/C15H19N7S/c1-11(8-17-15-18-9-12(23-2)10-19-15)7-16-13-4-6-22-14(21-13)3-5-20-22/h3-6,9-11H,7-8H2,1-2H3,(H,16,21)(H,17,18,19). The van der Waals surface area contributed by atoms with Gasteiger partial charge < -0.3 is 10.6 Å². The summed E-state index contributed by atoms with van der Waals surface area (Å²) in [5.41, 5.74) is 0.836. The van der Waals surface area contributed by atoms with E-state index in [1.54, 1.807) is 22.5 Å². The van der Waals surface area contributed by atoms with Crippen LogP contribution in [0.1, 0.15) is 6.92 Å². The van der Waals surface area contributed by atoms with Crippen LogP contribution in [0.5, 0.6) is 0 Å². The molecule has 3 aromatic rings. The molecule has 0 aliphatic carbocycles. The Hall–Kier alpha value is -2.35. The molecule has 3 heterocycles. The Morgan fingerprint density at radius 2 is 1.96 bits per heavy atom. The third kappa shape index (κ3) is 4.10. The first-order valence-corrected chi connectivity index (χ1v) is 8.61. The van der Waals surface area contributed by atoms with E-state index in [1.165, 1.54) is 0 Å². The molecule has 2 N–H and O–H groups in total. The van der Waals surface area contributed by atoms with Gasteiger partial charge >= 0.3 is 0 Å². The zero-order valence-electron chi connectivity index (χ0n) is 13.1. The molecule has 3 aromatic heterocycles. The quantitative estimate of drug-likeness (QED) is 0.644. The second-order valence-electron chi connectivity index (χ2n) is 5.26. The first-order valence-electron chi connectivity index (χ1n) is 7.39.